The van der Waals surface area contributed by atoms with Gasteiger partial charge in [-0.25, -0.2) is 8.42 Å². The van der Waals surface area contributed by atoms with E-state index in [-0.39, 0.29) is 10.8 Å². The number of benzene rings is 2. The first-order valence-corrected chi connectivity index (χ1v) is 9.07. The molecule has 0 aliphatic heterocycles. The molecule has 2 aromatic rings. The summed E-state index contributed by atoms with van der Waals surface area (Å²) in [6.07, 6.45) is 0. The van der Waals surface area contributed by atoms with Gasteiger partial charge in [0.2, 0.25) is 5.91 Å². The Hall–Kier alpha value is -2.34. The maximum atomic E-state index is 12.4. The van der Waals surface area contributed by atoms with Gasteiger partial charge in [-0.2, -0.15) is 0 Å². The monoisotopic (exact) mass is 346 g/mol. The van der Waals surface area contributed by atoms with Gasteiger partial charge in [-0.1, -0.05) is 38.5 Å². The second-order valence-electron chi connectivity index (χ2n) is 6.70. The van der Waals surface area contributed by atoms with Crippen LogP contribution in [0.4, 0.5) is 11.4 Å². The number of nitrogens with one attached hydrogen (secondary N) is 2. The molecule has 6 heteroatoms. The second-order valence-corrected chi connectivity index (χ2v) is 8.38. The number of sulfonamides is 1. The summed E-state index contributed by atoms with van der Waals surface area (Å²) in [7, 11) is -3.66. The molecule has 0 aliphatic rings. The SMILES string of the molecule is Cc1ccc(NS(=O)(=O)c2ccc(NC(=O)C(C)(C)C)cc2)cc1. The molecule has 0 fully saturated rings. The van der Waals surface area contributed by atoms with Crippen molar-refractivity contribution >= 4 is 27.3 Å². The Morgan fingerprint density at radius 3 is 1.88 bits per heavy atom. The first-order chi connectivity index (χ1) is 11.1. The normalized spacial score (nSPS) is 11.8. The first kappa shape index (κ1) is 18.0. The van der Waals surface area contributed by atoms with Gasteiger partial charge in [0.15, 0.2) is 0 Å². The van der Waals surface area contributed by atoms with Crippen LogP contribution < -0.4 is 10.0 Å². The highest BCUT2D eigenvalue weighted by Crippen LogP contribution is 2.21. The molecule has 2 N–H and O–H groups in total. The number of hydrogen-bond donors (Lipinski definition) is 2. The molecule has 0 heterocycles. The standard InChI is InChI=1S/C18H22N2O3S/c1-13-5-7-15(8-6-13)20-24(22,23)16-11-9-14(10-12-16)19-17(21)18(2,3)4/h5-12,20H,1-4H3,(H,19,21). The van der Waals surface area contributed by atoms with Gasteiger partial charge in [-0.05, 0) is 43.3 Å². The van der Waals surface area contributed by atoms with E-state index in [0.29, 0.717) is 11.4 Å². The molecule has 0 atom stereocenters. The Morgan fingerprint density at radius 1 is 0.875 bits per heavy atom. The van der Waals surface area contributed by atoms with Crippen molar-refractivity contribution in [1.82, 2.24) is 0 Å². The van der Waals surface area contributed by atoms with Gasteiger partial charge >= 0.3 is 0 Å². The van der Waals surface area contributed by atoms with E-state index in [9.17, 15) is 13.2 Å². The van der Waals surface area contributed by atoms with Crippen molar-refractivity contribution in [3.05, 3.63) is 54.1 Å². The molecule has 0 saturated carbocycles. The predicted molar refractivity (Wildman–Crippen MR) is 96.5 cm³/mol. The van der Waals surface area contributed by atoms with Crippen LogP contribution in [0.3, 0.4) is 0 Å². The number of amides is 1. The zero-order valence-electron chi connectivity index (χ0n) is 14.3. The fraction of sp³-hybridized carbons (Fsp3) is 0.278. The van der Waals surface area contributed by atoms with Crippen LogP contribution in [0.2, 0.25) is 0 Å². The van der Waals surface area contributed by atoms with Crippen molar-refractivity contribution in [2.45, 2.75) is 32.6 Å². The number of aryl methyl sites for hydroxylation is 1. The van der Waals surface area contributed by atoms with Crippen molar-refractivity contribution in [2.75, 3.05) is 10.0 Å². The van der Waals surface area contributed by atoms with Crippen LogP contribution in [0, 0.1) is 12.3 Å². The van der Waals surface area contributed by atoms with Gasteiger partial charge in [0.05, 0.1) is 4.90 Å². The summed E-state index contributed by atoms with van der Waals surface area (Å²) in [5.41, 5.74) is 1.60. The Bertz CT molecular complexity index is 818. The first-order valence-electron chi connectivity index (χ1n) is 7.59. The van der Waals surface area contributed by atoms with Gasteiger partial charge in [0.1, 0.15) is 0 Å². The van der Waals surface area contributed by atoms with Gasteiger partial charge in [-0.3, -0.25) is 9.52 Å². The molecule has 5 nitrogen and oxygen atoms in total. The average molecular weight is 346 g/mol. The van der Waals surface area contributed by atoms with E-state index < -0.39 is 15.4 Å². The maximum absolute atomic E-state index is 12.4. The number of carbonyl (C=O) groups is 1. The average Bonchev–Trinajstić information content (AvgIpc) is 2.49. The Labute approximate surface area is 143 Å². The Kier molecular flexibility index (Phi) is 4.99. The lowest BCUT2D eigenvalue weighted by molar-refractivity contribution is -0.123. The van der Waals surface area contributed by atoms with Crippen LogP contribution in [0.25, 0.3) is 0 Å². The van der Waals surface area contributed by atoms with Crippen LogP contribution in [0.1, 0.15) is 26.3 Å². The summed E-state index contributed by atoms with van der Waals surface area (Å²) >= 11 is 0. The molecule has 0 aliphatic carbocycles. The van der Waals surface area contributed by atoms with Crippen molar-refractivity contribution in [3.63, 3.8) is 0 Å². The fourth-order valence-corrected chi connectivity index (χ4v) is 2.93. The Morgan fingerprint density at radius 2 is 1.38 bits per heavy atom. The third kappa shape index (κ3) is 4.58. The van der Waals surface area contributed by atoms with E-state index >= 15 is 0 Å². The lowest BCUT2D eigenvalue weighted by Gasteiger charge is -2.17. The zero-order valence-corrected chi connectivity index (χ0v) is 15.1. The summed E-state index contributed by atoms with van der Waals surface area (Å²) in [6, 6.07) is 13.2. The van der Waals surface area contributed by atoms with Crippen molar-refractivity contribution in [3.8, 4) is 0 Å². The molecule has 0 unspecified atom stereocenters. The number of hydrogen-bond acceptors (Lipinski definition) is 3. The van der Waals surface area contributed by atoms with Crippen LogP contribution in [0.15, 0.2) is 53.4 Å². The molecular weight excluding hydrogens is 324 g/mol. The van der Waals surface area contributed by atoms with E-state index in [4.69, 9.17) is 0 Å². The lowest BCUT2D eigenvalue weighted by atomic mass is 9.95. The minimum atomic E-state index is -3.66. The van der Waals surface area contributed by atoms with Crippen molar-refractivity contribution in [1.29, 1.82) is 0 Å². The van der Waals surface area contributed by atoms with Gasteiger partial charge < -0.3 is 5.32 Å². The molecule has 2 aromatic carbocycles. The van der Waals surface area contributed by atoms with Gasteiger partial charge in [0.25, 0.3) is 10.0 Å². The molecule has 24 heavy (non-hydrogen) atoms. The van der Waals surface area contributed by atoms with Crippen LogP contribution >= 0.6 is 0 Å². The topological polar surface area (TPSA) is 75.3 Å². The predicted octanol–water partition coefficient (Wildman–Crippen LogP) is 3.78. The fourth-order valence-electron chi connectivity index (χ4n) is 1.87. The molecule has 0 saturated heterocycles. The maximum Gasteiger partial charge on any atom is 0.261 e. The van der Waals surface area contributed by atoms with E-state index in [1.54, 1.807) is 24.3 Å². The third-order valence-corrected chi connectivity index (χ3v) is 4.80. The minimum Gasteiger partial charge on any atom is -0.326 e. The summed E-state index contributed by atoms with van der Waals surface area (Å²) in [5, 5.41) is 2.76. The van der Waals surface area contributed by atoms with Crippen LogP contribution in [0.5, 0.6) is 0 Å². The highest BCUT2D eigenvalue weighted by molar-refractivity contribution is 7.92. The largest absolute Gasteiger partial charge is 0.326 e. The molecule has 0 aromatic heterocycles. The van der Waals surface area contributed by atoms with Crippen LogP contribution in [-0.4, -0.2) is 14.3 Å². The molecule has 1 amide bonds. The molecule has 0 bridgehead atoms. The van der Waals surface area contributed by atoms with E-state index in [1.807, 2.05) is 39.8 Å². The van der Waals surface area contributed by atoms with Gasteiger partial charge in [-0.15, -0.1) is 0 Å². The van der Waals surface area contributed by atoms with Crippen molar-refractivity contribution in [2.24, 2.45) is 5.41 Å². The smallest absolute Gasteiger partial charge is 0.261 e. The van der Waals surface area contributed by atoms with Crippen molar-refractivity contribution < 1.29 is 13.2 Å². The molecule has 2 rings (SSSR count). The molecule has 0 radical (unpaired) electrons. The zero-order chi connectivity index (χ0) is 18.0. The molecule has 128 valence electrons. The Balaban J connectivity index is 2.14. The summed E-state index contributed by atoms with van der Waals surface area (Å²) < 4.78 is 27.3. The second kappa shape index (κ2) is 6.65. The third-order valence-electron chi connectivity index (χ3n) is 3.41. The summed E-state index contributed by atoms with van der Waals surface area (Å²) in [4.78, 5) is 12.1. The van der Waals surface area contributed by atoms with E-state index in [0.717, 1.165) is 5.56 Å². The van der Waals surface area contributed by atoms with E-state index in [2.05, 4.69) is 10.0 Å². The number of anilines is 2. The molecular formula is C18H22N2O3S. The number of carbonyl (C=O) groups excluding carboxylic acids is 1. The molecule has 0 spiro atoms. The summed E-state index contributed by atoms with van der Waals surface area (Å²) in [5.74, 6) is -0.129. The number of rotatable bonds is 4. The minimum absolute atomic E-state index is 0.129. The lowest BCUT2D eigenvalue weighted by Crippen LogP contribution is -2.27. The highest BCUT2D eigenvalue weighted by atomic mass is 32.2. The highest BCUT2D eigenvalue weighted by Gasteiger charge is 2.21. The van der Waals surface area contributed by atoms with E-state index in [1.165, 1.54) is 12.1 Å². The quantitative estimate of drug-likeness (QED) is 0.884. The summed E-state index contributed by atoms with van der Waals surface area (Å²) in [6.45, 7) is 7.37. The van der Waals surface area contributed by atoms with Gasteiger partial charge in [0, 0.05) is 16.8 Å². The van der Waals surface area contributed by atoms with Crippen LogP contribution in [-0.2, 0) is 14.8 Å².